The number of carbonyl (C=O) groups is 1. The van der Waals surface area contributed by atoms with Crippen LogP contribution >= 0.6 is 0 Å². The van der Waals surface area contributed by atoms with E-state index in [0.717, 1.165) is 30.7 Å². The van der Waals surface area contributed by atoms with E-state index >= 15 is 0 Å². The van der Waals surface area contributed by atoms with Crippen LogP contribution in [-0.4, -0.2) is 24.3 Å². The Kier molecular flexibility index (Phi) is 8.84. The molecule has 0 aromatic heterocycles. The van der Waals surface area contributed by atoms with Gasteiger partial charge in [-0.25, -0.2) is 4.79 Å². The summed E-state index contributed by atoms with van der Waals surface area (Å²) in [6, 6.07) is 5.01. The molecule has 228 valence electrons. The number of hydrogen-bond acceptors (Lipinski definition) is 4. The number of carbonyl (C=O) groups excluding carboxylic acids is 1. The quantitative estimate of drug-likeness (QED) is 0.192. The summed E-state index contributed by atoms with van der Waals surface area (Å²) in [5.74, 6) is 4.14. The average Bonchev–Trinajstić information content (AvgIpc) is 3.32. The molecule has 0 amide bonds. The zero-order chi connectivity index (χ0) is 30.2. The lowest BCUT2D eigenvalue weighted by Crippen LogP contribution is -2.46. The second-order valence-electron chi connectivity index (χ2n) is 14.5. The van der Waals surface area contributed by atoms with Crippen molar-refractivity contribution in [3.63, 3.8) is 0 Å². The predicted molar refractivity (Wildman–Crippen MR) is 171 cm³/mol. The molecule has 0 bridgehead atoms. The first-order chi connectivity index (χ1) is 20.0. The van der Waals surface area contributed by atoms with Crippen molar-refractivity contribution in [3.05, 3.63) is 65.3 Å². The Balaban J connectivity index is 1.25. The third kappa shape index (κ3) is 5.75. The molecule has 0 aliphatic heterocycles. The first kappa shape index (κ1) is 30.7. The van der Waals surface area contributed by atoms with Gasteiger partial charge in [-0.15, -0.1) is 0 Å². The third-order valence-corrected chi connectivity index (χ3v) is 11.9. The summed E-state index contributed by atoms with van der Waals surface area (Å²) >= 11 is 0. The molecule has 4 heteroatoms. The molecule has 3 saturated carbocycles. The van der Waals surface area contributed by atoms with Crippen LogP contribution in [0.3, 0.4) is 0 Å². The van der Waals surface area contributed by atoms with Gasteiger partial charge in [-0.1, -0.05) is 83.1 Å². The number of fused-ring (bicyclic) bond motifs is 5. The number of phenols is 1. The highest BCUT2D eigenvalue weighted by molar-refractivity contribution is 5.87. The van der Waals surface area contributed by atoms with Crippen molar-refractivity contribution in [3.8, 4) is 11.5 Å². The van der Waals surface area contributed by atoms with Gasteiger partial charge < -0.3 is 14.6 Å². The number of aromatic hydroxyl groups is 1. The molecular weight excluding hydrogens is 520 g/mol. The first-order valence-corrected chi connectivity index (χ1v) is 16.3. The van der Waals surface area contributed by atoms with Gasteiger partial charge in [0.2, 0.25) is 0 Å². The monoisotopic (exact) mass is 572 g/mol. The van der Waals surface area contributed by atoms with Gasteiger partial charge in [0.25, 0.3) is 0 Å². The van der Waals surface area contributed by atoms with Crippen molar-refractivity contribution >= 4 is 12.0 Å². The van der Waals surface area contributed by atoms with Gasteiger partial charge >= 0.3 is 5.97 Å². The van der Waals surface area contributed by atoms with Crippen LogP contribution in [0.4, 0.5) is 0 Å². The van der Waals surface area contributed by atoms with E-state index in [1.807, 2.05) is 0 Å². The third-order valence-electron chi connectivity index (χ3n) is 11.9. The highest BCUT2D eigenvalue weighted by atomic mass is 16.5. The lowest BCUT2D eigenvalue weighted by atomic mass is 9.50. The molecular formula is C38H52O4. The molecule has 1 aromatic rings. The second kappa shape index (κ2) is 12.1. The zero-order valence-corrected chi connectivity index (χ0v) is 26.9. The Morgan fingerprint density at radius 3 is 2.52 bits per heavy atom. The molecule has 1 N–H and O–H groups in total. The molecule has 3 fully saturated rings. The smallest absolute Gasteiger partial charge is 0.331 e. The van der Waals surface area contributed by atoms with Gasteiger partial charge in [-0.3, -0.25) is 0 Å². The molecule has 0 radical (unpaired) electrons. The molecule has 42 heavy (non-hydrogen) atoms. The number of rotatable bonds is 8. The van der Waals surface area contributed by atoms with Crippen molar-refractivity contribution in [1.82, 2.24) is 0 Å². The second-order valence-corrected chi connectivity index (χ2v) is 14.5. The van der Waals surface area contributed by atoms with E-state index in [0.29, 0.717) is 40.8 Å². The molecule has 8 atom stereocenters. The maximum absolute atomic E-state index is 12.7. The van der Waals surface area contributed by atoms with E-state index in [9.17, 15) is 9.90 Å². The summed E-state index contributed by atoms with van der Waals surface area (Å²) in [6.07, 6.45) is 21.0. The van der Waals surface area contributed by atoms with Crippen molar-refractivity contribution in [2.45, 2.75) is 92.6 Å². The van der Waals surface area contributed by atoms with Crippen LogP contribution in [0.2, 0.25) is 0 Å². The Bertz CT molecular complexity index is 1280. The first-order valence-electron chi connectivity index (χ1n) is 16.3. The average molecular weight is 573 g/mol. The zero-order valence-electron chi connectivity index (χ0n) is 26.9. The number of hydrogen-bond donors (Lipinski definition) is 1. The number of methoxy groups -OCH3 is 1. The number of esters is 1. The molecule has 2 unspecified atom stereocenters. The summed E-state index contributed by atoms with van der Waals surface area (Å²) in [7, 11) is 1.51. The fourth-order valence-electron chi connectivity index (χ4n) is 8.85. The highest BCUT2D eigenvalue weighted by Gasteiger charge is 2.57. The van der Waals surface area contributed by atoms with Gasteiger partial charge in [-0.05, 0) is 109 Å². The Labute approximate surface area is 254 Å². The van der Waals surface area contributed by atoms with Crippen molar-refractivity contribution in [2.75, 3.05) is 7.11 Å². The Morgan fingerprint density at radius 1 is 1.00 bits per heavy atom. The van der Waals surface area contributed by atoms with E-state index in [1.165, 1.54) is 44.4 Å². The van der Waals surface area contributed by atoms with E-state index in [4.69, 9.17) is 9.47 Å². The summed E-state index contributed by atoms with van der Waals surface area (Å²) in [4.78, 5) is 12.7. The van der Waals surface area contributed by atoms with E-state index in [2.05, 4.69) is 65.8 Å². The molecule has 0 heterocycles. The summed E-state index contributed by atoms with van der Waals surface area (Å²) in [5, 5.41) is 9.81. The van der Waals surface area contributed by atoms with Crippen LogP contribution in [0, 0.1) is 46.3 Å². The summed E-state index contributed by atoms with van der Waals surface area (Å²) in [6.45, 7) is 14.5. The minimum Gasteiger partial charge on any atom is -0.504 e. The minimum atomic E-state index is -0.320. The van der Waals surface area contributed by atoms with Crippen LogP contribution in [0.5, 0.6) is 11.5 Å². The van der Waals surface area contributed by atoms with E-state index in [1.54, 1.807) is 29.8 Å². The molecule has 0 saturated heterocycles. The SMILES string of the molecule is COc1cc(C=CC(=O)O[C@H]2CC[C@@]3(C)C(=CC=C4C3CC[C@@]3(C)C4CC[C@@H]3[C@H](C)C=C[C@H](C)C(C)C)C2)ccc1O. The normalized spacial score (nSPS) is 33.9. The minimum absolute atomic E-state index is 0.0780. The standard InChI is InChI=1S/C38H52O4/c1-24(2)25(3)8-9-26(4)31-14-15-32-30-13-12-28-23-29(18-20-37(28,5)33(30)19-21-38(31,32)6)42-36(40)17-11-27-10-16-34(39)35(22-27)41-7/h8-13,16-17,22,24-26,29,31-33,39H,14-15,18-21,23H2,1-7H3/t25-,26+,29-,31+,32?,33?,37-,38+/m0/s1. The molecule has 0 spiro atoms. The van der Waals surface area contributed by atoms with Crippen LogP contribution < -0.4 is 4.74 Å². The number of benzene rings is 1. The Morgan fingerprint density at radius 2 is 1.79 bits per heavy atom. The molecule has 4 nitrogen and oxygen atoms in total. The predicted octanol–water partition coefficient (Wildman–Crippen LogP) is 9.31. The number of allylic oxidation sites excluding steroid dienone is 5. The van der Waals surface area contributed by atoms with Crippen LogP contribution in [0.1, 0.15) is 92.1 Å². The van der Waals surface area contributed by atoms with Crippen LogP contribution in [0.15, 0.2) is 59.7 Å². The summed E-state index contributed by atoms with van der Waals surface area (Å²) in [5.41, 5.74) is 4.51. The maximum Gasteiger partial charge on any atom is 0.331 e. The maximum atomic E-state index is 12.7. The summed E-state index contributed by atoms with van der Waals surface area (Å²) < 4.78 is 11.1. The van der Waals surface area contributed by atoms with Crippen LogP contribution in [0.25, 0.3) is 6.08 Å². The van der Waals surface area contributed by atoms with E-state index in [-0.39, 0.29) is 23.2 Å². The van der Waals surface area contributed by atoms with Gasteiger partial charge in [0, 0.05) is 12.5 Å². The topological polar surface area (TPSA) is 55.8 Å². The molecule has 4 aliphatic carbocycles. The van der Waals surface area contributed by atoms with Crippen molar-refractivity contribution in [2.24, 2.45) is 46.3 Å². The fourth-order valence-corrected chi connectivity index (χ4v) is 8.85. The molecule has 5 rings (SSSR count). The lowest BCUT2D eigenvalue weighted by molar-refractivity contribution is -0.144. The molecule has 4 aliphatic rings. The highest BCUT2D eigenvalue weighted by Crippen LogP contribution is 2.66. The molecule has 1 aromatic carbocycles. The fraction of sp³-hybridized carbons (Fsp3) is 0.605. The van der Waals surface area contributed by atoms with Crippen LogP contribution in [-0.2, 0) is 9.53 Å². The van der Waals surface area contributed by atoms with Crippen molar-refractivity contribution < 1.29 is 19.4 Å². The Hall–Kier alpha value is -2.75. The number of ether oxygens (including phenoxy) is 2. The number of phenolic OH excluding ortho intramolecular Hbond substituents is 1. The van der Waals surface area contributed by atoms with Gasteiger partial charge in [-0.2, -0.15) is 0 Å². The van der Waals surface area contributed by atoms with Gasteiger partial charge in [0.05, 0.1) is 7.11 Å². The van der Waals surface area contributed by atoms with Crippen molar-refractivity contribution in [1.29, 1.82) is 0 Å². The lowest BCUT2D eigenvalue weighted by Gasteiger charge is -2.55. The largest absolute Gasteiger partial charge is 0.504 e. The van der Waals surface area contributed by atoms with Gasteiger partial charge in [0.1, 0.15) is 6.10 Å². The van der Waals surface area contributed by atoms with Gasteiger partial charge in [0.15, 0.2) is 11.5 Å². The van der Waals surface area contributed by atoms with E-state index < -0.39 is 0 Å².